The number of H-pyrrole nitrogens is 1. The summed E-state index contributed by atoms with van der Waals surface area (Å²) in [4.78, 5) is 50.1. The summed E-state index contributed by atoms with van der Waals surface area (Å²) in [6, 6.07) is 12.3. The molecule has 0 spiro atoms. The van der Waals surface area contributed by atoms with Crippen LogP contribution in [0.2, 0.25) is 0 Å². The molecule has 4 atom stereocenters. The zero-order valence-electron chi connectivity index (χ0n) is 27.6. The minimum absolute atomic E-state index is 0.0384. The molecule has 0 aliphatic carbocycles. The first-order valence-corrected chi connectivity index (χ1v) is 15.4. The first-order valence-electron chi connectivity index (χ1n) is 15.4. The Morgan fingerprint density at radius 2 is 1.88 bits per heavy atom. The van der Waals surface area contributed by atoms with Gasteiger partial charge >= 0.3 is 11.6 Å². The Morgan fingerprint density at radius 3 is 2.58 bits per heavy atom. The van der Waals surface area contributed by atoms with E-state index >= 15 is 0 Å². The molecule has 4 N–H and O–H groups in total. The van der Waals surface area contributed by atoms with Gasteiger partial charge in [0.2, 0.25) is 12.2 Å². The molecule has 15 nitrogen and oxygen atoms in total. The Bertz CT molecular complexity index is 2110. The fourth-order valence-electron chi connectivity index (χ4n) is 5.67. The molecule has 1 aromatic carbocycles. The molecule has 1 fully saturated rings. The minimum Gasteiger partial charge on any atom is -0.505 e. The van der Waals surface area contributed by atoms with Crippen LogP contribution in [0.4, 0.5) is 5.69 Å². The summed E-state index contributed by atoms with van der Waals surface area (Å²) >= 11 is 0. The summed E-state index contributed by atoms with van der Waals surface area (Å²) in [5.74, 6) is -1.33. The van der Waals surface area contributed by atoms with Crippen LogP contribution in [0.15, 0.2) is 76.3 Å². The topological polar surface area (TPSA) is 205 Å². The first kappa shape index (κ1) is 34.1. The number of hydrogen-bond donors (Lipinski definition) is 4. The third kappa shape index (κ3) is 6.74. The quantitative estimate of drug-likeness (QED) is 0.126. The van der Waals surface area contributed by atoms with Gasteiger partial charge in [0, 0.05) is 42.4 Å². The highest BCUT2D eigenvalue weighted by atomic mass is 16.7. The molecular weight excluding hydrogens is 652 g/mol. The lowest BCUT2D eigenvalue weighted by Gasteiger charge is -2.47. The number of aromatic hydroxyl groups is 1. The number of pyridine rings is 2. The van der Waals surface area contributed by atoms with E-state index in [4.69, 9.17) is 28.1 Å². The molecule has 1 aliphatic rings. The first-order chi connectivity index (χ1) is 23.9. The van der Waals surface area contributed by atoms with Gasteiger partial charge in [-0.15, -0.1) is 0 Å². The molecule has 0 saturated carbocycles. The number of methoxy groups -OCH3 is 1. The van der Waals surface area contributed by atoms with Crippen LogP contribution in [0.3, 0.4) is 0 Å². The van der Waals surface area contributed by atoms with Crippen LogP contribution in [-0.4, -0.2) is 74.4 Å². The molecule has 0 unspecified atom stereocenters. The Kier molecular flexibility index (Phi) is 9.29. The van der Waals surface area contributed by atoms with Crippen LogP contribution >= 0.6 is 0 Å². The van der Waals surface area contributed by atoms with E-state index in [9.17, 15) is 24.6 Å². The predicted octanol–water partition coefficient (Wildman–Crippen LogP) is 4.39. The summed E-state index contributed by atoms with van der Waals surface area (Å²) in [6.45, 7) is 6.75. The molecule has 0 bridgehead atoms. The summed E-state index contributed by atoms with van der Waals surface area (Å²) in [6.07, 6.45) is -0.522. The van der Waals surface area contributed by atoms with Gasteiger partial charge in [-0.25, -0.2) is 14.6 Å². The fourth-order valence-corrected chi connectivity index (χ4v) is 5.67. The number of carbonyl (C=O) groups is 2. The number of aliphatic hydroxyl groups excluding tert-OH is 1. The Morgan fingerprint density at radius 1 is 1.08 bits per heavy atom. The van der Waals surface area contributed by atoms with E-state index in [0.717, 1.165) is 5.69 Å². The number of aromatic amines is 1. The number of amides is 1. The average molecular weight is 687 g/mol. The van der Waals surface area contributed by atoms with Crippen molar-refractivity contribution in [3.63, 3.8) is 0 Å². The van der Waals surface area contributed by atoms with Gasteiger partial charge in [0.25, 0.3) is 5.91 Å². The van der Waals surface area contributed by atoms with Gasteiger partial charge in [0.05, 0.1) is 17.2 Å². The molecule has 5 aromatic rings. The maximum atomic E-state index is 13.1. The smallest absolute Gasteiger partial charge is 0.364 e. The van der Waals surface area contributed by atoms with Gasteiger partial charge in [-0.05, 0) is 70.2 Å². The monoisotopic (exact) mass is 686 g/mol. The minimum atomic E-state index is -1.51. The number of aromatic nitrogens is 3. The number of ether oxygens (including phenoxy) is 5. The van der Waals surface area contributed by atoms with Crippen molar-refractivity contribution in [3.8, 4) is 23.1 Å². The van der Waals surface area contributed by atoms with E-state index in [1.54, 1.807) is 58.2 Å². The van der Waals surface area contributed by atoms with Crippen LogP contribution in [0, 0.1) is 13.8 Å². The second-order valence-corrected chi connectivity index (χ2v) is 12.1. The molecule has 260 valence electrons. The molecule has 5 heterocycles. The highest BCUT2D eigenvalue weighted by Crippen LogP contribution is 2.39. The number of nitrogens with zero attached hydrogens (tertiary/aromatic N) is 2. The number of aliphatic hydroxyl groups is 1. The average Bonchev–Trinajstić information content (AvgIpc) is 3.53. The van der Waals surface area contributed by atoms with Crippen LogP contribution < -0.4 is 20.4 Å². The number of esters is 1. The van der Waals surface area contributed by atoms with Crippen LogP contribution in [0.5, 0.6) is 23.1 Å². The largest absolute Gasteiger partial charge is 0.505 e. The van der Waals surface area contributed by atoms with Crippen LogP contribution in [0.25, 0.3) is 11.0 Å². The standard InChI is InChI=1S/C35H34N4O11/c1-17-8-10-22(38-17)32(43)49-29-27(41)34(50-35(3,4)30(29)45-5)47-23-11-9-21-26(40)25(33(44)48-28(21)18(23)2)39-31(42)19-12-14-37-24(15-19)46-20-7-6-13-36-16-20/h6-16,27,29-30,34,38,40-41H,1-5H3,(H,39,42)/t27-,29+,30-,34-/m1/s1. The number of hydrogen-bond acceptors (Lipinski definition) is 13. The molecule has 1 aliphatic heterocycles. The van der Waals surface area contributed by atoms with Crippen molar-refractivity contribution in [1.82, 2.24) is 15.0 Å². The van der Waals surface area contributed by atoms with E-state index in [1.165, 1.54) is 43.8 Å². The molecular formula is C35H34N4O11. The summed E-state index contributed by atoms with van der Waals surface area (Å²) in [5, 5.41) is 24.9. The summed E-state index contributed by atoms with van der Waals surface area (Å²) in [5.41, 5.74) is -1.34. The lowest BCUT2D eigenvalue weighted by molar-refractivity contribution is -0.305. The zero-order valence-corrected chi connectivity index (χ0v) is 27.6. The molecule has 6 rings (SSSR count). The van der Waals surface area contributed by atoms with E-state index in [0.29, 0.717) is 5.75 Å². The van der Waals surface area contributed by atoms with Gasteiger partial charge in [0.15, 0.2) is 23.6 Å². The molecule has 50 heavy (non-hydrogen) atoms. The number of rotatable bonds is 9. The fraction of sp³-hybridized carbons (Fsp3) is 0.286. The van der Waals surface area contributed by atoms with E-state index in [1.807, 2.05) is 0 Å². The highest BCUT2D eigenvalue weighted by Gasteiger charge is 2.53. The number of anilines is 1. The van der Waals surface area contributed by atoms with Crippen molar-refractivity contribution < 1.29 is 47.9 Å². The molecule has 0 radical (unpaired) electrons. The van der Waals surface area contributed by atoms with Crippen molar-refractivity contribution >= 4 is 28.5 Å². The number of carbonyl (C=O) groups excluding carboxylic acids is 2. The maximum absolute atomic E-state index is 13.1. The SMILES string of the molecule is CO[C@@H]1[C@@H](OC(=O)c2ccc(C)[nH]2)[C@@H](O)[C@H](Oc2ccc3c(O)c(NC(=O)c4ccnc(Oc5cccnc5)c4)c(=O)oc3c2C)OC1(C)C. The maximum Gasteiger partial charge on any atom is 0.364 e. The normalized spacial score (nSPS) is 19.9. The third-order valence-electron chi connectivity index (χ3n) is 8.15. The number of fused-ring (bicyclic) bond motifs is 1. The summed E-state index contributed by atoms with van der Waals surface area (Å²) < 4.78 is 34.6. The van der Waals surface area contributed by atoms with Gasteiger partial charge in [-0.1, -0.05) is 0 Å². The lowest BCUT2D eigenvalue weighted by Crippen LogP contribution is -2.65. The molecule has 15 heteroatoms. The van der Waals surface area contributed by atoms with E-state index < -0.39 is 59.1 Å². The third-order valence-corrected chi connectivity index (χ3v) is 8.15. The van der Waals surface area contributed by atoms with Gasteiger partial charge in [0.1, 0.15) is 28.9 Å². The van der Waals surface area contributed by atoms with Crippen molar-refractivity contribution in [3.05, 3.63) is 100 Å². The van der Waals surface area contributed by atoms with Gasteiger partial charge in [-0.3, -0.25) is 9.78 Å². The molecule has 1 amide bonds. The zero-order chi connectivity index (χ0) is 35.7. The number of aryl methyl sites for hydroxylation is 2. The molecule has 4 aromatic heterocycles. The van der Waals surface area contributed by atoms with Crippen molar-refractivity contribution in [2.24, 2.45) is 0 Å². The lowest BCUT2D eigenvalue weighted by atomic mass is 9.89. The summed E-state index contributed by atoms with van der Waals surface area (Å²) in [7, 11) is 1.41. The van der Waals surface area contributed by atoms with Crippen molar-refractivity contribution in [2.45, 2.75) is 57.9 Å². The van der Waals surface area contributed by atoms with Crippen LogP contribution in [0.1, 0.15) is 46.0 Å². The number of nitrogens with one attached hydrogen (secondary N) is 2. The van der Waals surface area contributed by atoms with Crippen molar-refractivity contribution in [1.29, 1.82) is 0 Å². The highest BCUT2D eigenvalue weighted by molar-refractivity contribution is 6.06. The van der Waals surface area contributed by atoms with Gasteiger partial charge in [-0.2, -0.15) is 0 Å². The van der Waals surface area contributed by atoms with Crippen LogP contribution in [-0.2, 0) is 14.2 Å². The Balaban J connectivity index is 1.23. The number of benzene rings is 1. The van der Waals surface area contributed by atoms with Crippen molar-refractivity contribution in [2.75, 3.05) is 12.4 Å². The molecule has 1 saturated heterocycles. The van der Waals surface area contributed by atoms with E-state index in [2.05, 4.69) is 20.3 Å². The Labute approximate surface area is 284 Å². The van der Waals surface area contributed by atoms with Gasteiger partial charge < -0.3 is 48.6 Å². The predicted molar refractivity (Wildman–Crippen MR) is 177 cm³/mol. The second kappa shape index (κ2) is 13.6. The second-order valence-electron chi connectivity index (χ2n) is 12.1. The Hall–Kier alpha value is -5.77. The van der Waals surface area contributed by atoms with E-state index in [-0.39, 0.29) is 39.4 Å².